The lowest BCUT2D eigenvalue weighted by molar-refractivity contribution is -0.118. The molecule has 140 valence electrons. The lowest BCUT2D eigenvalue weighted by Gasteiger charge is -2.17. The lowest BCUT2D eigenvalue weighted by Crippen LogP contribution is -2.43. The number of thiazole rings is 1. The Bertz CT molecular complexity index is 1070. The van der Waals surface area contributed by atoms with Crippen molar-refractivity contribution in [1.29, 1.82) is 0 Å². The van der Waals surface area contributed by atoms with Gasteiger partial charge in [0.15, 0.2) is 0 Å². The molecule has 2 aromatic carbocycles. The molecule has 0 bridgehead atoms. The second-order valence-electron chi connectivity index (χ2n) is 6.20. The van der Waals surface area contributed by atoms with Crippen LogP contribution in [0.15, 0.2) is 60.2 Å². The second kappa shape index (κ2) is 7.66. The number of fused-ring (bicyclic) bond motifs is 1. The Labute approximate surface area is 165 Å². The number of benzene rings is 2. The van der Waals surface area contributed by atoms with E-state index in [1.807, 2.05) is 54.6 Å². The number of nitrogens with one attached hydrogen (secondary N) is 2. The molecule has 2 N–H and O–H groups in total. The molecule has 3 aromatic rings. The molecule has 6 nitrogen and oxygen atoms in total. The number of carbonyl (C=O) groups excluding carboxylic acids is 2. The molecule has 1 aliphatic rings. The Morgan fingerprint density at radius 3 is 2.54 bits per heavy atom. The quantitative estimate of drug-likeness (QED) is 0.671. The minimum atomic E-state index is -0.409. The van der Waals surface area contributed by atoms with Crippen molar-refractivity contribution in [1.82, 2.24) is 15.8 Å². The zero-order valence-electron chi connectivity index (χ0n) is 15.1. The molecule has 0 unspecified atom stereocenters. The van der Waals surface area contributed by atoms with E-state index in [1.165, 1.54) is 11.3 Å². The van der Waals surface area contributed by atoms with Crippen molar-refractivity contribution in [2.45, 2.75) is 6.92 Å². The average molecular weight is 391 g/mol. The van der Waals surface area contributed by atoms with Gasteiger partial charge in [0.25, 0.3) is 11.8 Å². The lowest BCUT2D eigenvalue weighted by atomic mass is 10.1. The molecule has 0 atom stereocenters. The zero-order valence-corrected chi connectivity index (χ0v) is 15.9. The van der Waals surface area contributed by atoms with Crippen LogP contribution in [0.1, 0.15) is 20.9 Å². The maximum absolute atomic E-state index is 12.5. The summed E-state index contributed by atoms with van der Waals surface area (Å²) in [7, 11) is 0. The van der Waals surface area contributed by atoms with Crippen LogP contribution >= 0.6 is 11.3 Å². The van der Waals surface area contributed by atoms with E-state index in [0.717, 1.165) is 21.9 Å². The van der Waals surface area contributed by atoms with Crippen LogP contribution in [0.2, 0.25) is 0 Å². The van der Waals surface area contributed by atoms with E-state index in [0.29, 0.717) is 16.1 Å². The smallest absolute Gasteiger partial charge is 0.281 e. The van der Waals surface area contributed by atoms with Crippen LogP contribution in [-0.2, 0) is 4.79 Å². The Morgan fingerprint density at radius 1 is 1.00 bits per heavy atom. The van der Waals surface area contributed by atoms with Gasteiger partial charge in [0.05, 0.1) is 11.3 Å². The number of nitrogens with zero attached hydrogens (tertiary/aromatic N) is 1. The highest BCUT2D eigenvalue weighted by molar-refractivity contribution is 7.17. The molecular weight excluding hydrogens is 374 g/mol. The number of rotatable bonds is 3. The maximum Gasteiger partial charge on any atom is 0.281 e. The molecule has 0 aliphatic carbocycles. The molecule has 2 amide bonds. The van der Waals surface area contributed by atoms with E-state index < -0.39 is 11.8 Å². The first-order valence-electron chi connectivity index (χ1n) is 8.68. The number of hydrazine groups is 1. The number of hydrogen-bond acceptors (Lipinski definition) is 5. The van der Waals surface area contributed by atoms with Gasteiger partial charge in [-0.3, -0.25) is 20.4 Å². The molecule has 4 rings (SSSR count). The van der Waals surface area contributed by atoms with E-state index in [4.69, 9.17) is 4.74 Å². The van der Waals surface area contributed by atoms with Crippen LogP contribution in [0.3, 0.4) is 0 Å². The zero-order chi connectivity index (χ0) is 19.5. The van der Waals surface area contributed by atoms with Gasteiger partial charge in [-0.1, -0.05) is 48.5 Å². The molecule has 1 aliphatic heterocycles. The summed E-state index contributed by atoms with van der Waals surface area (Å²) in [6.45, 7) is 1.92. The molecule has 0 radical (unpaired) electrons. The monoisotopic (exact) mass is 391 g/mol. The van der Waals surface area contributed by atoms with Gasteiger partial charge < -0.3 is 4.74 Å². The first-order valence-corrected chi connectivity index (χ1v) is 9.49. The highest BCUT2D eigenvalue weighted by Crippen LogP contribution is 2.28. The van der Waals surface area contributed by atoms with Crippen LogP contribution in [-0.4, -0.2) is 23.4 Å². The standard InChI is InChI=1S/C21H17N3O3S/c1-13-18(28-21(22-13)14-7-3-2-4-8-14)20(26)24-23-19(25)16-11-15-9-5-6-10-17(15)27-12-16/h2-11H,12H2,1H3,(H,23,25)(H,24,26). The second-order valence-corrected chi connectivity index (χ2v) is 7.20. The van der Waals surface area contributed by atoms with Crippen molar-refractivity contribution in [3.05, 3.63) is 76.3 Å². The van der Waals surface area contributed by atoms with E-state index in [1.54, 1.807) is 13.0 Å². The Hall–Kier alpha value is -3.45. The summed E-state index contributed by atoms with van der Waals surface area (Å²) in [4.78, 5) is 29.8. The van der Waals surface area contributed by atoms with Crippen LogP contribution in [0.4, 0.5) is 0 Å². The highest BCUT2D eigenvalue weighted by atomic mass is 32.1. The topological polar surface area (TPSA) is 80.3 Å². The van der Waals surface area contributed by atoms with Gasteiger partial charge in [0.1, 0.15) is 22.2 Å². The molecule has 0 saturated heterocycles. The fourth-order valence-corrected chi connectivity index (χ4v) is 3.78. The van der Waals surface area contributed by atoms with Crippen LogP contribution in [0.25, 0.3) is 16.6 Å². The number of para-hydroxylation sites is 1. The van der Waals surface area contributed by atoms with Crippen molar-refractivity contribution in [2.24, 2.45) is 0 Å². The number of hydrogen-bond donors (Lipinski definition) is 2. The van der Waals surface area contributed by atoms with Gasteiger partial charge in [-0.15, -0.1) is 11.3 Å². The van der Waals surface area contributed by atoms with Crippen molar-refractivity contribution < 1.29 is 14.3 Å². The summed E-state index contributed by atoms with van der Waals surface area (Å²) in [6, 6.07) is 17.1. The fraction of sp³-hybridized carbons (Fsp3) is 0.0952. The molecule has 1 aromatic heterocycles. The highest BCUT2D eigenvalue weighted by Gasteiger charge is 2.20. The number of aromatic nitrogens is 1. The maximum atomic E-state index is 12.5. The number of ether oxygens (including phenoxy) is 1. The van der Waals surface area contributed by atoms with E-state index >= 15 is 0 Å². The molecule has 0 spiro atoms. The van der Waals surface area contributed by atoms with Crippen LogP contribution in [0.5, 0.6) is 5.75 Å². The third kappa shape index (κ3) is 3.65. The van der Waals surface area contributed by atoms with Crippen molar-refractivity contribution >= 4 is 29.2 Å². The van der Waals surface area contributed by atoms with Crippen LogP contribution in [0, 0.1) is 6.92 Å². The van der Waals surface area contributed by atoms with Crippen LogP contribution < -0.4 is 15.6 Å². The molecule has 28 heavy (non-hydrogen) atoms. The van der Waals surface area contributed by atoms with Crippen molar-refractivity contribution in [2.75, 3.05) is 6.61 Å². The van der Waals surface area contributed by atoms with Gasteiger partial charge in [-0.25, -0.2) is 4.98 Å². The summed E-state index contributed by atoms with van der Waals surface area (Å²) in [5.74, 6) is -0.0756. The third-order valence-electron chi connectivity index (χ3n) is 4.24. The molecular formula is C21H17N3O3S. The van der Waals surface area contributed by atoms with Gasteiger partial charge in [0.2, 0.25) is 0 Å². The summed E-state index contributed by atoms with van der Waals surface area (Å²) in [6.07, 6.45) is 1.76. The minimum absolute atomic E-state index is 0.149. The first-order chi connectivity index (χ1) is 13.6. The summed E-state index contributed by atoms with van der Waals surface area (Å²) < 4.78 is 5.57. The minimum Gasteiger partial charge on any atom is -0.488 e. The SMILES string of the molecule is Cc1nc(-c2ccccc2)sc1C(=O)NNC(=O)C1=Cc2ccccc2OC1. The Morgan fingerprint density at radius 2 is 1.71 bits per heavy atom. The normalized spacial score (nSPS) is 12.4. The predicted octanol–water partition coefficient (Wildman–Crippen LogP) is 3.36. The predicted molar refractivity (Wildman–Crippen MR) is 108 cm³/mol. The number of amides is 2. The largest absolute Gasteiger partial charge is 0.488 e. The molecule has 2 heterocycles. The molecule has 0 saturated carbocycles. The third-order valence-corrected chi connectivity index (χ3v) is 5.44. The summed E-state index contributed by atoms with van der Waals surface area (Å²) in [5, 5.41) is 0.759. The van der Waals surface area contributed by atoms with Gasteiger partial charge >= 0.3 is 0 Å². The summed E-state index contributed by atoms with van der Waals surface area (Å²) >= 11 is 1.28. The van der Waals surface area contributed by atoms with E-state index in [2.05, 4.69) is 15.8 Å². The fourth-order valence-electron chi connectivity index (χ4n) is 2.81. The van der Waals surface area contributed by atoms with Gasteiger partial charge in [-0.05, 0) is 19.1 Å². The number of aryl methyl sites for hydroxylation is 1. The first kappa shape index (κ1) is 17.9. The molecule has 0 fully saturated rings. The Balaban J connectivity index is 1.43. The van der Waals surface area contributed by atoms with E-state index in [9.17, 15) is 9.59 Å². The van der Waals surface area contributed by atoms with Gasteiger partial charge in [0, 0.05) is 11.1 Å². The van der Waals surface area contributed by atoms with Crippen molar-refractivity contribution in [3.8, 4) is 16.3 Å². The van der Waals surface area contributed by atoms with Gasteiger partial charge in [-0.2, -0.15) is 0 Å². The Kier molecular flexibility index (Phi) is 4.90. The van der Waals surface area contributed by atoms with E-state index in [-0.39, 0.29) is 6.61 Å². The number of carbonyl (C=O) groups is 2. The molecule has 7 heteroatoms. The average Bonchev–Trinajstić information content (AvgIpc) is 3.14. The van der Waals surface area contributed by atoms with Crippen molar-refractivity contribution in [3.63, 3.8) is 0 Å². The summed E-state index contributed by atoms with van der Waals surface area (Å²) in [5.41, 5.74) is 7.74.